The average Bonchev–Trinajstić information content (AvgIpc) is 2.37. The number of fused-ring (bicyclic) bond motifs is 1. The molecule has 1 aliphatic heterocycles. The predicted octanol–water partition coefficient (Wildman–Crippen LogP) is 3.28. The standard InChI is InChI=1S/C15H24N2/c1-4-12(2)17(3)11-13-7-8-15-14(10-13)6-5-9-16-15/h7-8,10,12,16H,4-6,9,11H2,1-3H3. The van der Waals surface area contributed by atoms with Gasteiger partial charge in [-0.3, -0.25) is 4.90 Å². The number of nitrogens with zero attached hydrogens (tertiary/aromatic N) is 1. The fourth-order valence-corrected chi connectivity index (χ4v) is 2.38. The first-order chi connectivity index (χ1) is 8.20. The number of nitrogens with one attached hydrogen (secondary N) is 1. The summed E-state index contributed by atoms with van der Waals surface area (Å²) < 4.78 is 0. The zero-order valence-corrected chi connectivity index (χ0v) is 11.3. The van der Waals surface area contributed by atoms with Crippen molar-refractivity contribution < 1.29 is 0 Å². The molecule has 1 heterocycles. The van der Waals surface area contributed by atoms with Crippen molar-refractivity contribution in [1.82, 2.24) is 4.90 Å². The van der Waals surface area contributed by atoms with Crippen molar-refractivity contribution in [1.29, 1.82) is 0 Å². The number of rotatable bonds is 4. The van der Waals surface area contributed by atoms with Gasteiger partial charge in [-0.2, -0.15) is 0 Å². The van der Waals surface area contributed by atoms with Crippen LogP contribution in [0, 0.1) is 0 Å². The molecule has 0 saturated carbocycles. The lowest BCUT2D eigenvalue weighted by atomic mass is 10.0. The van der Waals surface area contributed by atoms with E-state index >= 15 is 0 Å². The third-order valence-electron chi connectivity index (χ3n) is 3.88. The van der Waals surface area contributed by atoms with Gasteiger partial charge in [-0.25, -0.2) is 0 Å². The Morgan fingerprint density at radius 2 is 2.24 bits per heavy atom. The molecule has 94 valence electrons. The molecule has 2 rings (SSSR count). The van der Waals surface area contributed by atoms with Gasteiger partial charge in [0.15, 0.2) is 0 Å². The predicted molar refractivity (Wildman–Crippen MR) is 74.5 cm³/mol. The van der Waals surface area contributed by atoms with E-state index in [9.17, 15) is 0 Å². The average molecular weight is 232 g/mol. The summed E-state index contributed by atoms with van der Waals surface area (Å²) in [5.74, 6) is 0. The highest BCUT2D eigenvalue weighted by molar-refractivity contribution is 5.54. The van der Waals surface area contributed by atoms with Crippen LogP contribution in [0.25, 0.3) is 0 Å². The van der Waals surface area contributed by atoms with Gasteiger partial charge in [-0.15, -0.1) is 0 Å². The van der Waals surface area contributed by atoms with Gasteiger partial charge in [0.2, 0.25) is 0 Å². The summed E-state index contributed by atoms with van der Waals surface area (Å²) >= 11 is 0. The van der Waals surface area contributed by atoms with Crippen LogP contribution in [0.4, 0.5) is 5.69 Å². The smallest absolute Gasteiger partial charge is 0.0372 e. The summed E-state index contributed by atoms with van der Waals surface area (Å²) in [7, 11) is 2.21. The lowest BCUT2D eigenvalue weighted by Crippen LogP contribution is -2.27. The topological polar surface area (TPSA) is 15.3 Å². The van der Waals surface area contributed by atoms with Crippen LogP contribution in [-0.2, 0) is 13.0 Å². The molecule has 0 spiro atoms. The van der Waals surface area contributed by atoms with E-state index in [0.717, 1.165) is 13.1 Å². The molecule has 0 aromatic heterocycles. The van der Waals surface area contributed by atoms with Crippen LogP contribution >= 0.6 is 0 Å². The molecule has 0 fully saturated rings. The summed E-state index contributed by atoms with van der Waals surface area (Å²) in [5, 5.41) is 3.46. The number of hydrogen-bond acceptors (Lipinski definition) is 2. The van der Waals surface area contributed by atoms with Gasteiger partial charge in [0.1, 0.15) is 0 Å². The Bertz CT molecular complexity index is 373. The minimum atomic E-state index is 0.657. The lowest BCUT2D eigenvalue weighted by molar-refractivity contribution is 0.244. The second-order valence-corrected chi connectivity index (χ2v) is 5.19. The van der Waals surface area contributed by atoms with Crippen LogP contribution in [0.5, 0.6) is 0 Å². The maximum atomic E-state index is 3.46. The van der Waals surface area contributed by atoms with Crippen molar-refractivity contribution >= 4 is 5.69 Å². The quantitative estimate of drug-likeness (QED) is 0.857. The second-order valence-electron chi connectivity index (χ2n) is 5.19. The molecule has 1 aromatic rings. The van der Waals surface area contributed by atoms with E-state index in [1.165, 1.54) is 36.1 Å². The Morgan fingerprint density at radius 3 is 3.00 bits per heavy atom. The van der Waals surface area contributed by atoms with Gasteiger partial charge in [0.25, 0.3) is 0 Å². The van der Waals surface area contributed by atoms with E-state index in [1.54, 1.807) is 0 Å². The minimum absolute atomic E-state index is 0.657. The zero-order chi connectivity index (χ0) is 12.3. The van der Waals surface area contributed by atoms with Crippen LogP contribution < -0.4 is 5.32 Å². The maximum Gasteiger partial charge on any atom is 0.0372 e. The van der Waals surface area contributed by atoms with E-state index in [-0.39, 0.29) is 0 Å². The third kappa shape index (κ3) is 3.01. The molecule has 1 aromatic carbocycles. The van der Waals surface area contributed by atoms with Gasteiger partial charge >= 0.3 is 0 Å². The van der Waals surface area contributed by atoms with E-state index in [2.05, 4.69) is 49.3 Å². The van der Waals surface area contributed by atoms with Crippen molar-refractivity contribution in [2.45, 2.75) is 45.7 Å². The normalized spacial score (nSPS) is 16.5. The van der Waals surface area contributed by atoms with Gasteiger partial charge < -0.3 is 5.32 Å². The molecule has 1 unspecified atom stereocenters. The molecular formula is C15H24N2. The molecule has 0 amide bonds. The molecule has 1 N–H and O–H groups in total. The van der Waals surface area contributed by atoms with Crippen molar-refractivity contribution in [3.05, 3.63) is 29.3 Å². The maximum absolute atomic E-state index is 3.46. The Morgan fingerprint density at radius 1 is 1.41 bits per heavy atom. The molecular weight excluding hydrogens is 208 g/mol. The third-order valence-corrected chi connectivity index (χ3v) is 3.88. The van der Waals surface area contributed by atoms with Gasteiger partial charge in [-0.05, 0) is 50.4 Å². The highest BCUT2D eigenvalue weighted by Crippen LogP contribution is 2.23. The van der Waals surface area contributed by atoms with Crippen molar-refractivity contribution in [3.8, 4) is 0 Å². The molecule has 2 nitrogen and oxygen atoms in total. The Balaban J connectivity index is 2.06. The van der Waals surface area contributed by atoms with Crippen LogP contribution in [0.3, 0.4) is 0 Å². The fourth-order valence-electron chi connectivity index (χ4n) is 2.38. The number of anilines is 1. The Hall–Kier alpha value is -1.02. The highest BCUT2D eigenvalue weighted by Gasteiger charge is 2.11. The van der Waals surface area contributed by atoms with E-state index < -0.39 is 0 Å². The first-order valence-corrected chi connectivity index (χ1v) is 6.76. The first-order valence-electron chi connectivity index (χ1n) is 6.76. The van der Waals surface area contributed by atoms with Gasteiger partial charge in [-0.1, -0.05) is 19.1 Å². The van der Waals surface area contributed by atoms with E-state index in [4.69, 9.17) is 0 Å². The van der Waals surface area contributed by atoms with Crippen molar-refractivity contribution in [3.63, 3.8) is 0 Å². The van der Waals surface area contributed by atoms with Crippen LogP contribution in [-0.4, -0.2) is 24.5 Å². The second kappa shape index (κ2) is 5.54. The Kier molecular flexibility index (Phi) is 4.06. The summed E-state index contributed by atoms with van der Waals surface area (Å²) in [6.45, 7) is 6.72. The molecule has 0 radical (unpaired) electrons. The summed E-state index contributed by atoms with van der Waals surface area (Å²) in [5.41, 5.74) is 4.27. The van der Waals surface area contributed by atoms with E-state index in [0.29, 0.717) is 6.04 Å². The van der Waals surface area contributed by atoms with E-state index in [1.807, 2.05) is 0 Å². The SMILES string of the molecule is CCC(C)N(C)Cc1ccc2c(c1)CCCN2. The minimum Gasteiger partial charge on any atom is -0.385 e. The molecule has 1 aliphatic rings. The van der Waals surface area contributed by atoms with Gasteiger partial charge in [0, 0.05) is 24.8 Å². The Labute approximate surface area is 105 Å². The summed E-state index contributed by atoms with van der Waals surface area (Å²) in [4.78, 5) is 2.43. The molecule has 0 bridgehead atoms. The summed E-state index contributed by atoms with van der Waals surface area (Å²) in [6.07, 6.45) is 3.70. The van der Waals surface area contributed by atoms with Crippen LogP contribution in [0.2, 0.25) is 0 Å². The molecule has 17 heavy (non-hydrogen) atoms. The first kappa shape index (κ1) is 12.4. The number of benzene rings is 1. The number of hydrogen-bond donors (Lipinski definition) is 1. The van der Waals surface area contributed by atoms with Crippen LogP contribution in [0.15, 0.2) is 18.2 Å². The monoisotopic (exact) mass is 232 g/mol. The number of aryl methyl sites for hydroxylation is 1. The molecule has 1 atom stereocenters. The fraction of sp³-hybridized carbons (Fsp3) is 0.600. The zero-order valence-electron chi connectivity index (χ0n) is 11.3. The largest absolute Gasteiger partial charge is 0.385 e. The molecule has 0 aliphatic carbocycles. The lowest BCUT2D eigenvalue weighted by Gasteiger charge is -2.25. The molecule has 0 saturated heterocycles. The highest BCUT2D eigenvalue weighted by atomic mass is 15.1. The van der Waals surface area contributed by atoms with Crippen molar-refractivity contribution in [2.75, 3.05) is 18.9 Å². The van der Waals surface area contributed by atoms with Crippen LogP contribution in [0.1, 0.15) is 37.8 Å². The summed E-state index contributed by atoms with van der Waals surface area (Å²) in [6, 6.07) is 7.54. The van der Waals surface area contributed by atoms with Crippen molar-refractivity contribution in [2.24, 2.45) is 0 Å². The molecule has 2 heteroatoms. The van der Waals surface area contributed by atoms with Gasteiger partial charge in [0.05, 0.1) is 0 Å².